The molecule has 0 aliphatic heterocycles. The fraction of sp³-hybridized carbons (Fsp3) is 0.125. The van der Waals surface area contributed by atoms with Gasteiger partial charge in [0.2, 0.25) is 0 Å². The van der Waals surface area contributed by atoms with Crippen LogP contribution in [-0.2, 0) is 0 Å². The average Bonchev–Trinajstić information content (AvgIpc) is 2.81. The van der Waals surface area contributed by atoms with E-state index in [0.717, 1.165) is 22.2 Å². The number of anilines is 1. The van der Waals surface area contributed by atoms with Gasteiger partial charge in [-0.2, -0.15) is 0 Å². The molecule has 0 saturated carbocycles. The number of rotatable bonds is 7. The van der Waals surface area contributed by atoms with Gasteiger partial charge in [0, 0.05) is 29.6 Å². The van der Waals surface area contributed by atoms with E-state index in [1.54, 1.807) is 13.2 Å². The molecule has 0 radical (unpaired) electrons. The SMILES string of the molecule is COc1ccc(-c2nc(NCCNC(=O)c3cccc(F)c3)c3ccccc3n2)cc1. The van der Waals surface area contributed by atoms with Crippen molar-refractivity contribution in [3.8, 4) is 17.1 Å². The van der Waals surface area contributed by atoms with Gasteiger partial charge in [0.1, 0.15) is 17.4 Å². The van der Waals surface area contributed by atoms with E-state index < -0.39 is 5.82 Å². The first kappa shape index (κ1) is 20.3. The second-order valence-electron chi connectivity index (χ2n) is 6.83. The molecule has 0 aliphatic rings. The number of nitrogens with zero attached hydrogens (tertiary/aromatic N) is 2. The molecule has 0 fully saturated rings. The number of benzene rings is 3. The number of aromatic nitrogens is 2. The first-order chi connectivity index (χ1) is 15.1. The Morgan fingerprint density at radius 3 is 2.55 bits per heavy atom. The van der Waals surface area contributed by atoms with Crippen LogP contribution in [0, 0.1) is 5.82 Å². The number of hydrogen-bond acceptors (Lipinski definition) is 5. The molecule has 3 aromatic carbocycles. The van der Waals surface area contributed by atoms with Crippen LogP contribution in [0.2, 0.25) is 0 Å². The minimum atomic E-state index is -0.440. The van der Waals surface area contributed by atoms with Gasteiger partial charge in [-0.05, 0) is 54.6 Å². The molecule has 0 bridgehead atoms. The second kappa shape index (κ2) is 9.21. The Kier molecular flexibility index (Phi) is 6.03. The highest BCUT2D eigenvalue weighted by Crippen LogP contribution is 2.26. The Morgan fingerprint density at radius 2 is 1.77 bits per heavy atom. The van der Waals surface area contributed by atoms with Gasteiger partial charge in [-0.3, -0.25) is 4.79 Å². The third kappa shape index (κ3) is 4.78. The lowest BCUT2D eigenvalue weighted by Gasteiger charge is -2.12. The van der Waals surface area contributed by atoms with Crippen LogP contribution in [0.1, 0.15) is 10.4 Å². The van der Waals surface area contributed by atoms with Crippen LogP contribution in [-0.4, -0.2) is 36.1 Å². The van der Waals surface area contributed by atoms with E-state index >= 15 is 0 Å². The Morgan fingerprint density at radius 1 is 0.968 bits per heavy atom. The zero-order valence-electron chi connectivity index (χ0n) is 16.9. The highest BCUT2D eigenvalue weighted by atomic mass is 19.1. The first-order valence-electron chi connectivity index (χ1n) is 9.83. The molecular formula is C24H21FN4O2. The van der Waals surface area contributed by atoms with Crippen molar-refractivity contribution in [2.24, 2.45) is 0 Å². The summed E-state index contributed by atoms with van der Waals surface area (Å²) in [4.78, 5) is 21.5. The quantitative estimate of drug-likeness (QED) is 0.440. The molecule has 156 valence electrons. The molecule has 0 saturated heterocycles. The van der Waals surface area contributed by atoms with Crippen LogP contribution in [0.4, 0.5) is 10.2 Å². The predicted octanol–water partition coefficient (Wildman–Crippen LogP) is 4.29. The molecule has 0 unspecified atom stereocenters. The number of methoxy groups -OCH3 is 1. The zero-order chi connectivity index (χ0) is 21.6. The highest BCUT2D eigenvalue weighted by molar-refractivity contribution is 5.94. The average molecular weight is 416 g/mol. The molecule has 1 amide bonds. The molecule has 0 spiro atoms. The Balaban J connectivity index is 1.49. The van der Waals surface area contributed by atoms with Crippen molar-refractivity contribution in [2.45, 2.75) is 0 Å². The van der Waals surface area contributed by atoms with Crippen molar-refractivity contribution in [1.29, 1.82) is 0 Å². The van der Waals surface area contributed by atoms with Gasteiger partial charge in [0.15, 0.2) is 5.82 Å². The summed E-state index contributed by atoms with van der Waals surface area (Å²) in [5.74, 6) is 1.26. The lowest BCUT2D eigenvalue weighted by molar-refractivity contribution is 0.0954. The first-order valence-corrected chi connectivity index (χ1v) is 9.83. The van der Waals surface area contributed by atoms with Crippen LogP contribution in [0.15, 0.2) is 72.8 Å². The van der Waals surface area contributed by atoms with Gasteiger partial charge < -0.3 is 15.4 Å². The van der Waals surface area contributed by atoms with E-state index in [4.69, 9.17) is 4.74 Å². The van der Waals surface area contributed by atoms with Crippen LogP contribution in [0.5, 0.6) is 5.75 Å². The highest BCUT2D eigenvalue weighted by Gasteiger charge is 2.10. The lowest BCUT2D eigenvalue weighted by Crippen LogP contribution is -2.29. The van der Waals surface area contributed by atoms with Crippen LogP contribution < -0.4 is 15.4 Å². The molecular weight excluding hydrogens is 395 g/mol. The maximum Gasteiger partial charge on any atom is 0.251 e. The van der Waals surface area contributed by atoms with Crippen molar-refractivity contribution in [2.75, 3.05) is 25.5 Å². The Labute approximate surface area is 179 Å². The summed E-state index contributed by atoms with van der Waals surface area (Å²) in [7, 11) is 1.62. The predicted molar refractivity (Wildman–Crippen MR) is 119 cm³/mol. The van der Waals surface area contributed by atoms with Gasteiger partial charge in [0.05, 0.1) is 12.6 Å². The molecule has 4 rings (SSSR count). The summed E-state index contributed by atoms with van der Waals surface area (Å²) >= 11 is 0. The monoisotopic (exact) mass is 416 g/mol. The number of fused-ring (bicyclic) bond motifs is 1. The number of ether oxygens (including phenoxy) is 1. The van der Waals surface area contributed by atoms with Crippen molar-refractivity contribution >= 4 is 22.6 Å². The smallest absolute Gasteiger partial charge is 0.251 e. The number of para-hydroxylation sites is 1. The van der Waals surface area contributed by atoms with E-state index in [0.29, 0.717) is 24.7 Å². The molecule has 6 nitrogen and oxygen atoms in total. The third-order valence-corrected chi connectivity index (χ3v) is 4.74. The number of carbonyl (C=O) groups excluding carboxylic acids is 1. The normalized spacial score (nSPS) is 10.6. The minimum absolute atomic E-state index is 0.286. The van der Waals surface area contributed by atoms with E-state index in [2.05, 4.69) is 20.6 Å². The van der Waals surface area contributed by atoms with E-state index in [1.807, 2.05) is 48.5 Å². The molecule has 2 N–H and O–H groups in total. The maximum absolute atomic E-state index is 13.3. The fourth-order valence-corrected chi connectivity index (χ4v) is 3.17. The fourth-order valence-electron chi connectivity index (χ4n) is 3.17. The zero-order valence-corrected chi connectivity index (χ0v) is 16.9. The van der Waals surface area contributed by atoms with Crippen molar-refractivity contribution in [3.05, 3.63) is 84.2 Å². The minimum Gasteiger partial charge on any atom is -0.497 e. The summed E-state index contributed by atoms with van der Waals surface area (Å²) in [5, 5.41) is 6.94. The summed E-state index contributed by atoms with van der Waals surface area (Å²) < 4.78 is 18.5. The standard InChI is InChI=1S/C24H21FN4O2/c1-31-19-11-9-16(10-12-19)22-28-21-8-3-2-7-20(21)23(29-22)26-13-14-27-24(30)17-5-4-6-18(25)15-17/h2-12,15H,13-14H2,1H3,(H,27,30)(H,26,28,29). The number of nitrogens with one attached hydrogen (secondary N) is 2. The Hall–Kier alpha value is -4.00. The van der Waals surface area contributed by atoms with Crippen LogP contribution >= 0.6 is 0 Å². The molecule has 0 atom stereocenters. The van der Waals surface area contributed by atoms with Crippen molar-refractivity contribution in [3.63, 3.8) is 0 Å². The number of amides is 1. The molecule has 1 heterocycles. The molecule has 0 aliphatic carbocycles. The molecule has 1 aromatic heterocycles. The summed E-state index contributed by atoms with van der Waals surface area (Å²) in [6, 6.07) is 20.9. The van der Waals surface area contributed by atoms with Crippen molar-refractivity contribution in [1.82, 2.24) is 15.3 Å². The lowest BCUT2D eigenvalue weighted by atomic mass is 10.1. The summed E-state index contributed by atoms with van der Waals surface area (Å²) in [6.07, 6.45) is 0. The number of carbonyl (C=O) groups is 1. The number of hydrogen-bond donors (Lipinski definition) is 2. The van der Waals surface area contributed by atoms with Gasteiger partial charge >= 0.3 is 0 Å². The Bertz CT molecular complexity index is 1210. The van der Waals surface area contributed by atoms with Gasteiger partial charge in [0.25, 0.3) is 5.91 Å². The largest absolute Gasteiger partial charge is 0.497 e. The van der Waals surface area contributed by atoms with E-state index in [-0.39, 0.29) is 11.5 Å². The van der Waals surface area contributed by atoms with E-state index in [9.17, 15) is 9.18 Å². The molecule has 31 heavy (non-hydrogen) atoms. The van der Waals surface area contributed by atoms with Gasteiger partial charge in [-0.15, -0.1) is 0 Å². The maximum atomic E-state index is 13.3. The van der Waals surface area contributed by atoms with E-state index in [1.165, 1.54) is 18.2 Å². The van der Waals surface area contributed by atoms with Crippen molar-refractivity contribution < 1.29 is 13.9 Å². The number of halogens is 1. The second-order valence-corrected chi connectivity index (χ2v) is 6.83. The van der Waals surface area contributed by atoms with Crippen LogP contribution in [0.25, 0.3) is 22.3 Å². The third-order valence-electron chi connectivity index (χ3n) is 4.74. The molecule has 4 aromatic rings. The summed E-state index contributed by atoms with van der Waals surface area (Å²) in [6.45, 7) is 0.801. The van der Waals surface area contributed by atoms with Gasteiger partial charge in [-0.25, -0.2) is 14.4 Å². The van der Waals surface area contributed by atoms with Gasteiger partial charge in [-0.1, -0.05) is 18.2 Å². The topological polar surface area (TPSA) is 76.1 Å². The summed E-state index contributed by atoms with van der Waals surface area (Å²) in [5.41, 5.74) is 1.97. The van der Waals surface area contributed by atoms with Crippen LogP contribution in [0.3, 0.4) is 0 Å². The molecule has 7 heteroatoms.